The van der Waals surface area contributed by atoms with E-state index < -0.39 is 0 Å². The summed E-state index contributed by atoms with van der Waals surface area (Å²) in [5, 5.41) is 0. The van der Waals surface area contributed by atoms with Gasteiger partial charge < -0.3 is 0 Å². The van der Waals surface area contributed by atoms with E-state index in [2.05, 4.69) is 25.7 Å². The third kappa shape index (κ3) is 0.850. The molecule has 0 aromatic rings. The summed E-state index contributed by atoms with van der Waals surface area (Å²) in [4.78, 5) is 0. The Morgan fingerprint density at radius 2 is 2.62 bits per heavy atom. The molecular weight excluding hydrogens is 96.1 g/mol. The Balaban J connectivity index is 2.56. The maximum absolute atomic E-state index is 3.21. The molecule has 0 aromatic heterocycles. The van der Waals surface area contributed by atoms with Gasteiger partial charge in [-0.1, -0.05) is 6.92 Å². The zero-order valence-corrected chi connectivity index (χ0v) is 5.57. The Labute approximate surface area is 50.9 Å². The number of hydrogen-bond acceptors (Lipinski definition) is 0. The van der Waals surface area contributed by atoms with E-state index in [0.29, 0.717) is 0 Å². The number of allylic oxidation sites excluding steroid dienone is 1. The summed E-state index contributed by atoms with van der Waals surface area (Å²) < 4.78 is 0. The summed E-state index contributed by atoms with van der Waals surface area (Å²) in [7, 11) is 0. The Hall–Kier alpha value is -0.480. The van der Waals surface area contributed by atoms with Crippen LogP contribution in [0.2, 0.25) is 0 Å². The zero-order valence-electron chi connectivity index (χ0n) is 5.57. The summed E-state index contributed by atoms with van der Waals surface area (Å²) in [5.41, 5.74) is 4.65. The van der Waals surface area contributed by atoms with E-state index in [1.165, 1.54) is 18.4 Å². The number of rotatable bonds is 1. The fraction of sp³-hybridized carbons (Fsp3) is 0.625. The maximum Gasteiger partial charge on any atom is -0.00920 e. The fourth-order valence-corrected chi connectivity index (χ4v) is 1.13. The van der Waals surface area contributed by atoms with E-state index in [0.717, 1.165) is 5.92 Å². The first-order valence-electron chi connectivity index (χ1n) is 3.26. The molecular formula is C8H12. The molecule has 8 heavy (non-hydrogen) atoms. The van der Waals surface area contributed by atoms with Crippen LogP contribution in [0.1, 0.15) is 26.7 Å². The minimum atomic E-state index is 0.815. The van der Waals surface area contributed by atoms with Crippen molar-refractivity contribution in [3.63, 3.8) is 0 Å². The molecule has 1 aliphatic rings. The summed E-state index contributed by atoms with van der Waals surface area (Å²) in [6, 6.07) is 0. The molecule has 1 unspecified atom stereocenters. The highest BCUT2D eigenvalue weighted by Gasteiger charge is 2.08. The molecule has 0 nitrogen and oxygen atoms in total. The van der Waals surface area contributed by atoms with Crippen LogP contribution in [0.4, 0.5) is 0 Å². The Kier molecular flexibility index (Phi) is 1.55. The molecule has 0 radical (unpaired) electrons. The van der Waals surface area contributed by atoms with E-state index in [4.69, 9.17) is 0 Å². The molecule has 0 bridgehead atoms. The first-order valence-corrected chi connectivity index (χ1v) is 3.26. The van der Waals surface area contributed by atoms with Gasteiger partial charge in [-0.25, -0.2) is 0 Å². The van der Waals surface area contributed by atoms with Crippen molar-refractivity contribution >= 4 is 0 Å². The molecule has 1 rings (SSSR count). The highest BCUT2D eigenvalue weighted by molar-refractivity contribution is 5.10. The van der Waals surface area contributed by atoms with Gasteiger partial charge in [0.05, 0.1) is 0 Å². The molecule has 0 spiro atoms. The van der Waals surface area contributed by atoms with Crippen LogP contribution in [0.15, 0.2) is 17.4 Å². The molecule has 0 fully saturated rings. The van der Waals surface area contributed by atoms with Crippen LogP contribution in [0.3, 0.4) is 0 Å². The monoisotopic (exact) mass is 108 g/mol. The van der Waals surface area contributed by atoms with E-state index in [-0.39, 0.29) is 0 Å². The van der Waals surface area contributed by atoms with Crippen molar-refractivity contribution in [3.05, 3.63) is 17.4 Å². The number of hydrogen-bond donors (Lipinski definition) is 0. The lowest BCUT2D eigenvalue weighted by Gasteiger charge is -2.04. The summed E-state index contributed by atoms with van der Waals surface area (Å²) in [6.45, 7) is 4.40. The van der Waals surface area contributed by atoms with Crippen molar-refractivity contribution in [2.24, 2.45) is 5.92 Å². The van der Waals surface area contributed by atoms with Gasteiger partial charge >= 0.3 is 0 Å². The average Bonchev–Trinajstić information content (AvgIpc) is 2.14. The molecule has 0 heterocycles. The third-order valence-corrected chi connectivity index (χ3v) is 1.84. The molecule has 1 aliphatic carbocycles. The van der Waals surface area contributed by atoms with Crippen LogP contribution in [0.5, 0.6) is 0 Å². The SMILES string of the molecule is CCC1CC=C=C1C. The molecule has 0 amide bonds. The lowest BCUT2D eigenvalue weighted by atomic mass is 10.00. The quantitative estimate of drug-likeness (QED) is 0.453. The van der Waals surface area contributed by atoms with Crippen molar-refractivity contribution in [1.82, 2.24) is 0 Å². The van der Waals surface area contributed by atoms with Gasteiger partial charge in [-0.15, -0.1) is 5.73 Å². The van der Waals surface area contributed by atoms with E-state index >= 15 is 0 Å². The van der Waals surface area contributed by atoms with Gasteiger partial charge in [0.15, 0.2) is 0 Å². The van der Waals surface area contributed by atoms with E-state index in [9.17, 15) is 0 Å². The third-order valence-electron chi connectivity index (χ3n) is 1.84. The van der Waals surface area contributed by atoms with Gasteiger partial charge in [-0.2, -0.15) is 0 Å². The van der Waals surface area contributed by atoms with Crippen molar-refractivity contribution in [1.29, 1.82) is 0 Å². The Morgan fingerprint density at radius 1 is 1.88 bits per heavy atom. The van der Waals surface area contributed by atoms with Crippen LogP contribution in [-0.2, 0) is 0 Å². The van der Waals surface area contributed by atoms with Crippen LogP contribution in [-0.4, -0.2) is 0 Å². The van der Waals surface area contributed by atoms with Gasteiger partial charge in [-0.05, 0) is 37.3 Å². The highest BCUT2D eigenvalue weighted by atomic mass is 14.1. The highest BCUT2D eigenvalue weighted by Crippen LogP contribution is 2.22. The summed E-state index contributed by atoms with van der Waals surface area (Å²) in [6.07, 6.45) is 4.64. The molecule has 0 heteroatoms. The van der Waals surface area contributed by atoms with Gasteiger partial charge in [-0.3, -0.25) is 0 Å². The van der Waals surface area contributed by atoms with E-state index in [1.807, 2.05) is 0 Å². The van der Waals surface area contributed by atoms with Crippen LogP contribution in [0, 0.1) is 5.92 Å². The minimum Gasteiger partial charge on any atom is -0.126 e. The Morgan fingerprint density at radius 3 is 2.88 bits per heavy atom. The Bertz CT molecular complexity index is 136. The topological polar surface area (TPSA) is 0 Å². The first kappa shape index (κ1) is 5.65. The van der Waals surface area contributed by atoms with Gasteiger partial charge in [0.25, 0.3) is 0 Å². The first-order chi connectivity index (χ1) is 3.84. The second-order valence-electron chi connectivity index (χ2n) is 2.37. The normalized spacial score (nSPS) is 26.2. The second-order valence-corrected chi connectivity index (χ2v) is 2.37. The molecule has 0 saturated carbocycles. The molecule has 0 saturated heterocycles. The van der Waals surface area contributed by atoms with Crippen molar-refractivity contribution < 1.29 is 0 Å². The summed E-state index contributed by atoms with van der Waals surface area (Å²) in [5.74, 6) is 0.815. The lowest BCUT2D eigenvalue weighted by Crippen LogP contribution is -1.92. The molecule has 0 N–H and O–H groups in total. The zero-order chi connectivity index (χ0) is 5.98. The molecule has 0 aromatic carbocycles. The fourth-order valence-electron chi connectivity index (χ4n) is 1.13. The standard InChI is InChI=1S/C8H12/c1-3-8-6-4-5-7(8)2/h4,8H,3,6H2,1-2H3. The predicted octanol–water partition coefficient (Wildman–Crippen LogP) is 2.52. The molecule has 44 valence electrons. The van der Waals surface area contributed by atoms with Crippen LogP contribution >= 0.6 is 0 Å². The lowest BCUT2D eigenvalue weighted by molar-refractivity contribution is 0.617. The van der Waals surface area contributed by atoms with E-state index in [1.54, 1.807) is 0 Å². The molecule has 0 aliphatic heterocycles. The van der Waals surface area contributed by atoms with Crippen molar-refractivity contribution in [2.75, 3.05) is 0 Å². The van der Waals surface area contributed by atoms with Gasteiger partial charge in [0, 0.05) is 0 Å². The second kappa shape index (κ2) is 2.19. The predicted molar refractivity (Wildman–Crippen MR) is 35.7 cm³/mol. The van der Waals surface area contributed by atoms with Crippen molar-refractivity contribution in [2.45, 2.75) is 26.7 Å². The summed E-state index contributed by atoms with van der Waals surface area (Å²) >= 11 is 0. The van der Waals surface area contributed by atoms with Crippen molar-refractivity contribution in [3.8, 4) is 0 Å². The maximum atomic E-state index is 3.21. The van der Waals surface area contributed by atoms with Gasteiger partial charge in [0.2, 0.25) is 0 Å². The van der Waals surface area contributed by atoms with Crippen LogP contribution in [0.25, 0.3) is 0 Å². The average molecular weight is 108 g/mol. The van der Waals surface area contributed by atoms with Gasteiger partial charge in [0.1, 0.15) is 0 Å². The molecule has 1 atom stereocenters. The minimum absolute atomic E-state index is 0.815. The largest absolute Gasteiger partial charge is 0.126 e. The smallest absolute Gasteiger partial charge is 0.00920 e. The van der Waals surface area contributed by atoms with Crippen LogP contribution < -0.4 is 0 Å².